The zero-order valence-electron chi connectivity index (χ0n) is 24.5. The normalized spacial score (nSPS) is 17.3. The van der Waals surface area contributed by atoms with Crippen molar-refractivity contribution in [1.82, 2.24) is 19.8 Å². The van der Waals surface area contributed by atoms with E-state index >= 15 is 0 Å². The van der Waals surface area contributed by atoms with E-state index in [0.29, 0.717) is 39.6 Å². The van der Waals surface area contributed by atoms with E-state index < -0.39 is 7.60 Å². The number of hydrogen-bond donors (Lipinski definition) is 2. The maximum atomic E-state index is 13.1. The van der Waals surface area contributed by atoms with Gasteiger partial charge in [-0.1, -0.05) is 23.7 Å². The van der Waals surface area contributed by atoms with E-state index in [1.807, 2.05) is 6.07 Å². The molecule has 2 aliphatic rings. The second-order valence-electron chi connectivity index (χ2n) is 10.5. The highest BCUT2D eigenvalue weighted by atomic mass is 35.5. The summed E-state index contributed by atoms with van der Waals surface area (Å²) in [6.45, 7) is 6.65. The number of ether oxygens (including phenoxy) is 1. The predicted molar refractivity (Wildman–Crippen MR) is 169 cm³/mol. The van der Waals surface area contributed by atoms with Crippen molar-refractivity contribution in [2.45, 2.75) is 18.9 Å². The SMILES string of the molecule is COc1cc(N2CCC(N3CCN(C)CC3)CC2)ccc1Nc1ncc(Cl)c(Nc2ccccc2P(=O)(OC)OC)n1. The summed E-state index contributed by atoms with van der Waals surface area (Å²) in [5.74, 6) is 1.34. The van der Waals surface area contributed by atoms with Crippen LogP contribution >= 0.6 is 19.2 Å². The molecule has 0 saturated carbocycles. The molecule has 0 aliphatic carbocycles. The molecule has 42 heavy (non-hydrogen) atoms. The van der Waals surface area contributed by atoms with Crippen molar-refractivity contribution in [1.29, 1.82) is 0 Å². The standard InChI is InChI=1S/C29H39ClN7O4P/c1-35-15-17-37(18-16-35)21-11-13-36(14-12-21)22-9-10-24(26(19-22)39-2)33-29-31-20-23(30)28(34-29)32-25-7-5-6-8-27(25)42(38,40-3)41-4/h5-10,19-21H,11-18H2,1-4H3,(H2,31,32,33,34). The summed E-state index contributed by atoms with van der Waals surface area (Å²) in [4.78, 5) is 16.4. The predicted octanol–water partition coefficient (Wildman–Crippen LogP) is 4.95. The Morgan fingerprint density at radius 3 is 2.33 bits per heavy atom. The first-order chi connectivity index (χ1) is 20.3. The van der Waals surface area contributed by atoms with Crippen LogP contribution in [-0.2, 0) is 13.6 Å². The number of aromatic nitrogens is 2. The van der Waals surface area contributed by atoms with E-state index in [1.165, 1.54) is 20.4 Å². The fourth-order valence-electron chi connectivity index (χ4n) is 5.51. The van der Waals surface area contributed by atoms with Gasteiger partial charge in [0, 0.05) is 71.3 Å². The maximum absolute atomic E-state index is 13.1. The van der Waals surface area contributed by atoms with Crippen molar-refractivity contribution in [3.63, 3.8) is 0 Å². The number of nitrogens with one attached hydrogen (secondary N) is 2. The van der Waals surface area contributed by atoms with Gasteiger partial charge in [0.1, 0.15) is 10.8 Å². The number of rotatable bonds is 10. The monoisotopic (exact) mass is 615 g/mol. The molecule has 226 valence electrons. The minimum absolute atomic E-state index is 0.294. The lowest BCUT2D eigenvalue weighted by Crippen LogP contribution is -2.52. The topological polar surface area (TPSA) is 104 Å². The van der Waals surface area contributed by atoms with Crippen LogP contribution in [0.5, 0.6) is 5.75 Å². The zero-order chi connectivity index (χ0) is 29.7. The Labute approximate surface area is 252 Å². The molecule has 0 spiro atoms. The molecule has 0 radical (unpaired) electrons. The summed E-state index contributed by atoms with van der Waals surface area (Å²) in [7, 11) is 3.02. The number of halogens is 1. The molecule has 2 saturated heterocycles. The summed E-state index contributed by atoms with van der Waals surface area (Å²) in [5, 5.41) is 7.06. The van der Waals surface area contributed by atoms with E-state index in [0.717, 1.165) is 63.5 Å². The molecule has 0 unspecified atom stereocenters. The van der Waals surface area contributed by atoms with Crippen LogP contribution in [0.3, 0.4) is 0 Å². The average molecular weight is 616 g/mol. The van der Waals surface area contributed by atoms with Crippen molar-refractivity contribution < 1.29 is 18.3 Å². The molecule has 0 atom stereocenters. The van der Waals surface area contributed by atoms with Gasteiger partial charge in [-0.25, -0.2) is 4.98 Å². The molecule has 0 amide bonds. The van der Waals surface area contributed by atoms with Crippen molar-refractivity contribution in [2.75, 3.05) is 83.2 Å². The van der Waals surface area contributed by atoms with Crippen molar-refractivity contribution >= 4 is 53.3 Å². The van der Waals surface area contributed by atoms with Crippen LogP contribution in [0.4, 0.5) is 28.8 Å². The van der Waals surface area contributed by atoms with E-state index in [9.17, 15) is 4.57 Å². The number of anilines is 5. The van der Waals surface area contributed by atoms with Gasteiger partial charge in [0.05, 0.1) is 30.0 Å². The number of likely N-dealkylation sites (N-methyl/N-ethyl adjacent to an activating group) is 1. The number of para-hydroxylation sites is 1. The summed E-state index contributed by atoms with van der Waals surface area (Å²) in [6, 6.07) is 13.8. The van der Waals surface area contributed by atoms with Crippen molar-refractivity contribution in [3.05, 3.63) is 53.7 Å². The maximum Gasteiger partial charge on any atom is 0.362 e. The van der Waals surface area contributed by atoms with E-state index in [-0.39, 0.29) is 0 Å². The highest BCUT2D eigenvalue weighted by Gasteiger charge is 2.29. The Hall–Kier alpha value is -2.92. The molecule has 3 heterocycles. The molecule has 2 fully saturated rings. The van der Waals surface area contributed by atoms with Gasteiger partial charge in [0.2, 0.25) is 5.95 Å². The zero-order valence-corrected chi connectivity index (χ0v) is 26.2. The van der Waals surface area contributed by atoms with Gasteiger partial charge in [0.15, 0.2) is 5.82 Å². The summed E-state index contributed by atoms with van der Waals surface area (Å²) in [6.07, 6.45) is 3.82. The molecule has 2 N–H and O–H groups in total. The largest absolute Gasteiger partial charge is 0.494 e. The number of hydrogen-bond acceptors (Lipinski definition) is 11. The number of piperidine rings is 1. The molecule has 0 bridgehead atoms. The molecular formula is C29H39ClN7O4P. The van der Waals surface area contributed by atoms with Crippen LogP contribution in [0.25, 0.3) is 0 Å². The highest BCUT2D eigenvalue weighted by Crippen LogP contribution is 2.47. The smallest absolute Gasteiger partial charge is 0.362 e. The van der Waals surface area contributed by atoms with Gasteiger partial charge >= 0.3 is 7.60 Å². The van der Waals surface area contributed by atoms with E-state index in [4.69, 9.17) is 25.4 Å². The van der Waals surface area contributed by atoms with Crippen LogP contribution < -0.4 is 25.6 Å². The van der Waals surface area contributed by atoms with E-state index in [1.54, 1.807) is 31.4 Å². The number of nitrogens with zero attached hydrogens (tertiary/aromatic N) is 5. The summed E-state index contributed by atoms with van der Waals surface area (Å²) in [5.41, 5.74) is 2.35. The fourth-order valence-corrected chi connectivity index (χ4v) is 6.88. The van der Waals surface area contributed by atoms with Gasteiger partial charge in [-0.2, -0.15) is 4.98 Å². The average Bonchev–Trinajstić information content (AvgIpc) is 3.03. The van der Waals surface area contributed by atoms with Crippen LogP contribution in [0.1, 0.15) is 12.8 Å². The third kappa shape index (κ3) is 6.83. The Bertz CT molecular complexity index is 1410. The second kappa shape index (κ2) is 13.6. The van der Waals surface area contributed by atoms with Crippen LogP contribution in [-0.4, -0.2) is 93.5 Å². The third-order valence-electron chi connectivity index (χ3n) is 7.99. The van der Waals surface area contributed by atoms with Gasteiger partial charge < -0.3 is 34.2 Å². The van der Waals surface area contributed by atoms with Crippen LogP contribution in [0.2, 0.25) is 5.02 Å². The quantitative estimate of drug-likeness (QED) is 0.303. The minimum atomic E-state index is -3.52. The first-order valence-corrected chi connectivity index (χ1v) is 16.0. The minimum Gasteiger partial charge on any atom is -0.494 e. The Balaban J connectivity index is 1.28. The molecule has 1 aromatic heterocycles. The Morgan fingerprint density at radius 1 is 0.929 bits per heavy atom. The van der Waals surface area contributed by atoms with Crippen LogP contribution in [0, 0.1) is 0 Å². The van der Waals surface area contributed by atoms with Gasteiger partial charge in [-0.05, 0) is 44.2 Å². The van der Waals surface area contributed by atoms with Gasteiger partial charge in [-0.15, -0.1) is 0 Å². The first kappa shape index (κ1) is 30.5. The third-order valence-corrected chi connectivity index (χ3v) is 10.2. The number of piperazine rings is 1. The molecule has 13 heteroatoms. The first-order valence-electron chi connectivity index (χ1n) is 14.1. The Kier molecular flexibility index (Phi) is 9.88. The van der Waals surface area contributed by atoms with Crippen LogP contribution in [0.15, 0.2) is 48.7 Å². The molecule has 5 rings (SSSR count). The summed E-state index contributed by atoms with van der Waals surface area (Å²) < 4.78 is 29.2. The molecular weight excluding hydrogens is 577 g/mol. The molecule has 2 aromatic carbocycles. The molecule has 3 aromatic rings. The molecule has 2 aliphatic heterocycles. The lowest BCUT2D eigenvalue weighted by Gasteiger charge is -2.42. The number of methoxy groups -OCH3 is 1. The molecule has 11 nitrogen and oxygen atoms in total. The second-order valence-corrected chi connectivity index (χ2v) is 13.1. The van der Waals surface area contributed by atoms with Crippen molar-refractivity contribution in [2.24, 2.45) is 0 Å². The lowest BCUT2D eigenvalue weighted by atomic mass is 10.0. The van der Waals surface area contributed by atoms with E-state index in [2.05, 4.69) is 54.5 Å². The lowest BCUT2D eigenvalue weighted by molar-refractivity contribution is 0.0982. The Morgan fingerprint density at radius 2 is 1.64 bits per heavy atom. The van der Waals surface area contributed by atoms with Crippen molar-refractivity contribution in [3.8, 4) is 5.75 Å². The number of benzene rings is 2. The highest BCUT2D eigenvalue weighted by molar-refractivity contribution is 7.62. The van der Waals surface area contributed by atoms with Gasteiger partial charge in [0.25, 0.3) is 0 Å². The van der Waals surface area contributed by atoms with Gasteiger partial charge in [-0.3, -0.25) is 9.46 Å². The fraction of sp³-hybridized carbons (Fsp3) is 0.448. The summed E-state index contributed by atoms with van der Waals surface area (Å²) >= 11 is 6.43.